The number of benzene rings is 2. The summed E-state index contributed by atoms with van der Waals surface area (Å²) in [6.07, 6.45) is 1.47. The van der Waals surface area contributed by atoms with E-state index >= 15 is 0 Å². The van der Waals surface area contributed by atoms with Crippen molar-refractivity contribution in [3.8, 4) is 11.5 Å². The SMILES string of the molecule is COc1ccc(OC)c(C=NNC(=O)c2ccc(Cl)c(Cl)c2)c1. The quantitative estimate of drug-likeness (QED) is 0.658. The summed E-state index contributed by atoms with van der Waals surface area (Å²) in [5.41, 5.74) is 3.44. The largest absolute Gasteiger partial charge is 0.497 e. The summed E-state index contributed by atoms with van der Waals surface area (Å²) in [7, 11) is 3.11. The number of hydrazone groups is 1. The number of halogens is 2. The summed E-state index contributed by atoms with van der Waals surface area (Å²) < 4.78 is 10.4. The molecule has 1 N–H and O–H groups in total. The average Bonchev–Trinajstić information content (AvgIpc) is 2.57. The van der Waals surface area contributed by atoms with Crippen molar-refractivity contribution in [1.29, 1.82) is 0 Å². The van der Waals surface area contributed by atoms with Gasteiger partial charge in [-0.05, 0) is 36.4 Å². The topological polar surface area (TPSA) is 59.9 Å². The lowest BCUT2D eigenvalue weighted by Crippen LogP contribution is -2.17. The molecular formula is C16H14Cl2N2O3. The van der Waals surface area contributed by atoms with Crippen molar-refractivity contribution in [2.75, 3.05) is 14.2 Å². The van der Waals surface area contributed by atoms with Crippen LogP contribution in [-0.4, -0.2) is 26.3 Å². The number of nitrogens with one attached hydrogen (secondary N) is 1. The third-order valence-electron chi connectivity index (χ3n) is 2.99. The molecule has 7 heteroatoms. The Labute approximate surface area is 143 Å². The van der Waals surface area contributed by atoms with E-state index < -0.39 is 5.91 Å². The molecule has 0 aliphatic carbocycles. The van der Waals surface area contributed by atoms with Gasteiger partial charge >= 0.3 is 0 Å². The molecule has 0 bridgehead atoms. The van der Waals surface area contributed by atoms with Crippen LogP contribution in [0.2, 0.25) is 10.0 Å². The monoisotopic (exact) mass is 352 g/mol. The Hall–Kier alpha value is -2.24. The fourth-order valence-electron chi connectivity index (χ4n) is 1.80. The molecule has 0 fully saturated rings. The molecule has 0 aromatic heterocycles. The number of hydrogen-bond donors (Lipinski definition) is 1. The molecule has 0 heterocycles. The third-order valence-corrected chi connectivity index (χ3v) is 3.73. The summed E-state index contributed by atoms with van der Waals surface area (Å²) in [4.78, 5) is 12.0. The number of hydrogen-bond acceptors (Lipinski definition) is 4. The summed E-state index contributed by atoms with van der Waals surface area (Å²) in [5, 5.41) is 4.60. The van der Waals surface area contributed by atoms with Crippen molar-refractivity contribution in [2.45, 2.75) is 0 Å². The van der Waals surface area contributed by atoms with E-state index in [0.717, 1.165) is 0 Å². The Kier molecular flexibility index (Phi) is 5.84. The maximum absolute atomic E-state index is 12.0. The lowest BCUT2D eigenvalue weighted by molar-refractivity contribution is 0.0955. The van der Waals surface area contributed by atoms with Gasteiger partial charge in [-0.2, -0.15) is 5.10 Å². The lowest BCUT2D eigenvalue weighted by atomic mass is 10.2. The van der Waals surface area contributed by atoms with E-state index in [1.54, 1.807) is 44.6 Å². The summed E-state index contributed by atoms with van der Waals surface area (Å²) in [6, 6.07) is 9.85. The van der Waals surface area contributed by atoms with Crippen LogP contribution in [0.25, 0.3) is 0 Å². The van der Waals surface area contributed by atoms with Gasteiger partial charge in [0.15, 0.2) is 0 Å². The number of methoxy groups -OCH3 is 2. The van der Waals surface area contributed by atoms with Gasteiger partial charge in [0.1, 0.15) is 11.5 Å². The van der Waals surface area contributed by atoms with Gasteiger partial charge < -0.3 is 9.47 Å². The molecule has 0 atom stereocenters. The van der Waals surface area contributed by atoms with Crippen LogP contribution in [0.1, 0.15) is 15.9 Å². The van der Waals surface area contributed by atoms with Gasteiger partial charge in [0, 0.05) is 11.1 Å². The summed E-state index contributed by atoms with van der Waals surface area (Å²) in [5.74, 6) is 0.864. The molecule has 1 amide bonds. The first kappa shape index (κ1) is 17.1. The molecule has 0 saturated heterocycles. The van der Waals surface area contributed by atoms with Crippen LogP contribution < -0.4 is 14.9 Å². The number of rotatable bonds is 5. The van der Waals surface area contributed by atoms with Crippen LogP contribution in [0.3, 0.4) is 0 Å². The molecule has 2 aromatic rings. The fourth-order valence-corrected chi connectivity index (χ4v) is 2.10. The molecule has 0 spiro atoms. The van der Waals surface area contributed by atoms with Crippen molar-refractivity contribution < 1.29 is 14.3 Å². The first-order chi connectivity index (χ1) is 11.0. The van der Waals surface area contributed by atoms with E-state index in [1.807, 2.05) is 0 Å². The molecule has 23 heavy (non-hydrogen) atoms. The van der Waals surface area contributed by atoms with Gasteiger partial charge in [-0.25, -0.2) is 5.43 Å². The molecule has 5 nitrogen and oxygen atoms in total. The van der Waals surface area contributed by atoms with Gasteiger partial charge in [-0.3, -0.25) is 4.79 Å². The molecule has 120 valence electrons. The van der Waals surface area contributed by atoms with Gasteiger partial charge in [-0.15, -0.1) is 0 Å². The van der Waals surface area contributed by atoms with Gasteiger partial charge in [0.05, 0.1) is 30.5 Å². The standard InChI is InChI=1S/C16H14Cl2N2O3/c1-22-12-4-6-15(23-2)11(7-12)9-19-20-16(21)10-3-5-13(17)14(18)8-10/h3-9H,1-2H3,(H,20,21). The van der Waals surface area contributed by atoms with E-state index in [4.69, 9.17) is 32.7 Å². The minimum atomic E-state index is -0.401. The number of nitrogens with zero attached hydrogens (tertiary/aromatic N) is 1. The van der Waals surface area contributed by atoms with Crippen LogP contribution >= 0.6 is 23.2 Å². The molecule has 2 aromatic carbocycles. The maximum Gasteiger partial charge on any atom is 0.271 e. The van der Waals surface area contributed by atoms with Crippen molar-refractivity contribution in [3.63, 3.8) is 0 Å². The molecule has 2 rings (SSSR count). The highest BCUT2D eigenvalue weighted by atomic mass is 35.5. The van der Waals surface area contributed by atoms with E-state index in [2.05, 4.69) is 10.5 Å². The lowest BCUT2D eigenvalue weighted by Gasteiger charge is -2.07. The predicted molar refractivity (Wildman–Crippen MR) is 91.1 cm³/mol. The Balaban J connectivity index is 2.11. The number of ether oxygens (including phenoxy) is 2. The van der Waals surface area contributed by atoms with E-state index in [1.165, 1.54) is 12.3 Å². The highest BCUT2D eigenvalue weighted by molar-refractivity contribution is 6.42. The van der Waals surface area contributed by atoms with E-state index in [0.29, 0.717) is 32.7 Å². The van der Waals surface area contributed by atoms with Crippen molar-refractivity contribution in [2.24, 2.45) is 5.10 Å². The molecule has 0 radical (unpaired) electrons. The Morgan fingerprint density at radius 3 is 2.52 bits per heavy atom. The molecule has 0 saturated carbocycles. The zero-order valence-corrected chi connectivity index (χ0v) is 14.0. The average molecular weight is 353 g/mol. The predicted octanol–water partition coefficient (Wildman–Crippen LogP) is 3.77. The third kappa shape index (κ3) is 4.37. The smallest absolute Gasteiger partial charge is 0.271 e. The van der Waals surface area contributed by atoms with E-state index in [-0.39, 0.29) is 0 Å². The second-order valence-electron chi connectivity index (χ2n) is 4.44. The minimum Gasteiger partial charge on any atom is -0.497 e. The minimum absolute atomic E-state index is 0.303. The van der Waals surface area contributed by atoms with Crippen molar-refractivity contribution in [3.05, 3.63) is 57.6 Å². The molecule has 0 unspecified atom stereocenters. The van der Waals surface area contributed by atoms with Crippen LogP contribution in [-0.2, 0) is 0 Å². The first-order valence-corrected chi connectivity index (χ1v) is 7.31. The maximum atomic E-state index is 12.0. The van der Waals surface area contributed by atoms with Crippen LogP contribution in [0.5, 0.6) is 11.5 Å². The van der Waals surface area contributed by atoms with Gasteiger partial charge in [0.25, 0.3) is 5.91 Å². The Bertz CT molecular complexity index is 748. The Morgan fingerprint density at radius 2 is 1.87 bits per heavy atom. The van der Waals surface area contributed by atoms with Gasteiger partial charge in [0.2, 0.25) is 0 Å². The van der Waals surface area contributed by atoms with Crippen LogP contribution in [0.4, 0.5) is 0 Å². The normalized spacial score (nSPS) is 10.6. The summed E-state index contributed by atoms with van der Waals surface area (Å²) >= 11 is 11.7. The zero-order valence-electron chi connectivity index (χ0n) is 12.5. The zero-order chi connectivity index (χ0) is 16.8. The Morgan fingerprint density at radius 1 is 1.09 bits per heavy atom. The number of carbonyl (C=O) groups excluding carboxylic acids is 1. The van der Waals surface area contributed by atoms with Crippen molar-refractivity contribution in [1.82, 2.24) is 5.43 Å². The van der Waals surface area contributed by atoms with E-state index in [9.17, 15) is 4.79 Å². The van der Waals surface area contributed by atoms with Crippen LogP contribution in [0.15, 0.2) is 41.5 Å². The van der Waals surface area contributed by atoms with Crippen molar-refractivity contribution >= 4 is 35.3 Å². The molecule has 0 aliphatic rings. The second-order valence-corrected chi connectivity index (χ2v) is 5.25. The molecular weight excluding hydrogens is 339 g/mol. The second kappa shape index (κ2) is 7.85. The summed E-state index contributed by atoms with van der Waals surface area (Å²) in [6.45, 7) is 0. The number of amides is 1. The highest BCUT2D eigenvalue weighted by Gasteiger charge is 2.07. The van der Waals surface area contributed by atoms with Crippen LogP contribution in [0, 0.1) is 0 Å². The molecule has 0 aliphatic heterocycles. The fraction of sp³-hybridized carbons (Fsp3) is 0.125. The first-order valence-electron chi connectivity index (χ1n) is 6.55. The highest BCUT2D eigenvalue weighted by Crippen LogP contribution is 2.23. The number of carbonyl (C=O) groups is 1. The van der Waals surface area contributed by atoms with Gasteiger partial charge in [-0.1, -0.05) is 23.2 Å².